The van der Waals surface area contributed by atoms with Crippen molar-refractivity contribution >= 4 is 11.6 Å². The number of rotatable bonds is 6. The van der Waals surface area contributed by atoms with Crippen LogP contribution < -0.4 is 5.32 Å². The number of carbonyl (C=O) groups excluding carboxylic acids is 1. The number of unbranched alkanes of at least 4 members (excludes halogenated alkanes) is 1. The van der Waals surface area contributed by atoms with Crippen LogP contribution in [-0.4, -0.2) is 18.6 Å². The van der Waals surface area contributed by atoms with Crippen LogP contribution in [0.4, 0.5) is 23.2 Å². The number of halogens is 4. The van der Waals surface area contributed by atoms with Crippen LogP contribution >= 0.6 is 0 Å². The number of ether oxygens (including phenoxy) is 1. The van der Waals surface area contributed by atoms with E-state index in [0.717, 1.165) is 12.8 Å². The van der Waals surface area contributed by atoms with E-state index in [1.165, 1.54) is 6.92 Å². The van der Waals surface area contributed by atoms with Crippen LogP contribution in [0.2, 0.25) is 0 Å². The van der Waals surface area contributed by atoms with Gasteiger partial charge in [0.1, 0.15) is 11.9 Å². The van der Waals surface area contributed by atoms with Crippen molar-refractivity contribution in [1.29, 1.82) is 0 Å². The van der Waals surface area contributed by atoms with Gasteiger partial charge in [-0.15, -0.1) is 0 Å². The second-order valence-corrected chi connectivity index (χ2v) is 4.55. The molecule has 1 atom stereocenters. The molecule has 21 heavy (non-hydrogen) atoms. The van der Waals surface area contributed by atoms with Gasteiger partial charge in [0.05, 0.1) is 11.3 Å². The first-order chi connectivity index (χ1) is 9.75. The summed E-state index contributed by atoms with van der Waals surface area (Å²) in [4.78, 5) is 11.7. The van der Waals surface area contributed by atoms with Gasteiger partial charge in [0.2, 0.25) is 0 Å². The fourth-order valence-electron chi connectivity index (χ4n) is 1.51. The van der Waals surface area contributed by atoms with Crippen LogP contribution in [0.1, 0.15) is 32.3 Å². The molecule has 0 bridgehead atoms. The summed E-state index contributed by atoms with van der Waals surface area (Å²) in [6.07, 6.45) is -3.83. The molecule has 118 valence electrons. The Morgan fingerprint density at radius 3 is 2.62 bits per heavy atom. The summed E-state index contributed by atoms with van der Waals surface area (Å²) in [5.41, 5.74) is -1.54. The average molecular weight is 307 g/mol. The van der Waals surface area contributed by atoms with Gasteiger partial charge in [0.15, 0.2) is 0 Å². The van der Waals surface area contributed by atoms with Gasteiger partial charge in [0, 0.05) is 6.61 Å². The van der Waals surface area contributed by atoms with Gasteiger partial charge in [-0.2, -0.15) is 13.2 Å². The lowest BCUT2D eigenvalue weighted by atomic mass is 10.2. The molecule has 0 aliphatic heterocycles. The second-order valence-electron chi connectivity index (χ2n) is 4.55. The Labute approximate surface area is 120 Å². The lowest BCUT2D eigenvalue weighted by Gasteiger charge is -2.15. The average Bonchev–Trinajstić information content (AvgIpc) is 2.40. The van der Waals surface area contributed by atoms with E-state index in [9.17, 15) is 22.4 Å². The normalized spacial score (nSPS) is 13.0. The van der Waals surface area contributed by atoms with Crippen molar-refractivity contribution < 1.29 is 27.1 Å². The fraction of sp³-hybridized carbons (Fsp3) is 0.500. The maximum absolute atomic E-state index is 13.5. The van der Waals surface area contributed by atoms with E-state index in [1.54, 1.807) is 0 Å². The summed E-state index contributed by atoms with van der Waals surface area (Å²) < 4.78 is 56.3. The van der Waals surface area contributed by atoms with E-state index < -0.39 is 35.3 Å². The summed E-state index contributed by atoms with van der Waals surface area (Å²) in [7, 11) is 0. The zero-order chi connectivity index (χ0) is 16.0. The number of amides is 1. The zero-order valence-corrected chi connectivity index (χ0v) is 11.8. The van der Waals surface area contributed by atoms with E-state index in [4.69, 9.17) is 4.74 Å². The highest BCUT2D eigenvalue weighted by Crippen LogP contribution is 2.31. The van der Waals surface area contributed by atoms with E-state index in [-0.39, 0.29) is 0 Å². The fourth-order valence-corrected chi connectivity index (χ4v) is 1.51. The van der Waals surface area contributed by atoms with Crippen LogP contribution in [0.3, 0.4) is 0 Å². The van der Waals surface area contributed by atoms with E-state index in [1.807, 2.05) is 6.92 Å². The minimum atomic E-state index is -4.60. The summed E-state index contributed by atoms with van der Waals surface area (Å²) in [5.74, 6) is -1.62. The SMILES string of the molecule is CCCCOC(C)C(=O)Nc1cc(C(F)(F)F)ccc1F. The Bertz CT molecular complexity index is 488. The summed E-state index contributed by atoms with van der Waals surface area (Å²) in [6.45, 7) is 3.76. The molecule has 0 aromatic heterocycles. The summed E-state index contributed by atoms with van der Waals surface area (Å²) in [6, 6.07) is 1.85. The molecule has 0 heterocycles. The van der Waals surface area contributed by atoms with Gasteiger partial charge in [-0.25, -0.2) is 4.39 Å². The molecule has 0 aliphatic rings. The largest absolute Gasteiger partial charge is 0.416 e. The molecule has 0 fully saturated rings. The van der Waals surface area contributed by atoms with Crippen LogP contribution in [-0.2, 0) is 15.7 Å². The van der Waals surface area contributed by atoms with Crippen LogP contribution in [0, 0.1) is 5.82 Å². The van der Waals surface area contributed by atoms with Crippen molar-refractivity contribution in [3.05, 3.63) is 29.6 Å². The third-order valence-electron chi connectivity index (χ3n) is 2.79. The monoisotopic (exact) mass is 307 g/mol. The number of nitrogens with one attached hydrogen (secondary N) is 1. The van der Waals surface area contributed by atoms with Crippen LogP contribution in [0.15, 0.2) is 18.2 Å². The lowest BCUT2D eigenvalue weighted by Crippen LogP contribution is -2.28. The minimum Gasteiger partial charge on any atom is -0.369 e. The maximum Gasteiger partial charge on any atom is 0.416 e. The van der Waals surface area contributed by atoms with Gasteiger partial charge < -0.3 is 10.1 Å². The lowest BCUT2D eigenvalue weighted by molar-refractivity contribution is -0.137. The van der Waals surface area contributed by atoms with Crippen molar-refractivity contribution in [1.82, 2.24) is 0 Å². The van der Waals surface area contributed by atoms with E-state index >= 15 is 0 Å². The van der Waals surface area contributed by atoms with E-state index in [2.05, 4.69) is 5.32 Å². The molecule has 0 radical (unpaired) electrons. The minimum absolute atomic E-state index is 0.357. The molecular formula is C14H17F4NO2. The molecule has 7 heteroatoms. The number of alkyl halides is 3. The molecule has 1 unspecified atom stereocenters. The third-order valence-corrected chi connectivity index (χ3v) is 2.79. The molecule has 3 nitrogen and oxygen atoms in total. The molecule has 1 aromatic carbocycles. The summed E-state index contributed by atoms with van der Waals surface area (Å²) >= 11 is 0. The van der Waals surface area contributed by atoms with Crippen molar-refractivity contribution in [2.75, 3.05) is 11.9 Å². The van der Waals surface area contributed by atoms with Crippen LogP contribution in [0.5, 0.6) is 0 Å². The van der Waals surface area contributed by atoms with Gasteiger partial charge >= 0.3 is 6.18 Å². The van der Waals surface area contributed by atoms with Crippen molar-refractivity contribution in [3.63, 3.8) is 0 Å². The highest BCUT2D eigenvalue weighted by molar-refractivity contribution is 5.94. The van der Waals surface area contributed by atoms with Crippen molar-refractivity contribution in [2.24, 2.45) is 0 Å². The molecule has 1 aromatic rings. The Hall–Kier alpha value is -1.63. The zero-order valence-electron chi connectivity index (χ0n) is 11.8. The Balaban J connectivity index is 2.75. The predicted molar refractivity (Wildman–Crippen MR) is 70.4 cm³/mol. The first-order valence-electron chi connectivity index (χ1n) is 6.55. The molecule has 1 N–H and O–H groups in total. The Kier molecular flexibility index (Phi) is 6.14. The van der Waals surface area contributed by atoms with Crippen molar-refractivity contribution in [2.45, 2.75) is 39.0 Å². The number of benzene rings is 1. The summed E-state index contributed by atoms with van der Waals surface area (Å²) in [5, 5.41) is 2.11. The Morgan fingerprint density at radius 1 is 1.38 bits per heavy atom. The number of hydrogen-bond acceptors (Lipinski definition) is 2. The number of hydrogen-bond donors (Lipinski definition) is 1. The smallest absolute Gasteiger partial charge is 0.369 e. The van der Waals surface area contributed by atoms with Gasteiger partial charge in [0.25, 0.3) is 5.91 Å². The number of anilines is 1. The molecule has 0 aliphatic carbocycles. The maximum atomic E-state index is 13.5. The first kappa shape index (κ1) is 17.4. The molecule has 0 spiro atoms. The van der Waals surface area contributed by atoms with Crippen LogP contribution in [0.25, 0.3) is 0 Å². The standard InChI is InChI=1S/C14H17F4NO2/c1-3-4-7-21-9(2)13(20)19-12-8-10(14(16,17)18)5-6-11(12)15/h5-6,8-9H,3-4,7H2,1-2H3,(H,19,20). The second kappa shape index (κ2) is 7.40. The highest BCUT2D eigenvalue weighted by Gasteiger charge is 2.31. The van der Waals surface area contributed by atoms with Gasteiger partial charge in [-0.05, 0) is 31.5 Å². The van der Waals surface area contributed by atoms with Crippen molar-refractivity contribution in [3.8, 4) is 0 Å². The van der Waals surface area contributed by atoms with Gasteiger partial charge in [-0.1, -0.05) is 13.3 Å². The predicted octanol–water partition coefficient (Wildman–Crippen LogP) is 3.99. The Morgan fingerprint density at radius 2 is 2.05 bits per heavy atom. The number of carbonyl (C=O) groups is 1. The molecular weight excluding hydrogens is 290 g/mol. The molecule has 0 saturated heterocycles. The highest BCUT2D eigenvalue weighted by atomic mass is 19.4. The topological polar surface area (TPSA) is 38.3 Å². The van der Waals surface area contributed by atoms with E-state index in [0.29, 0.717) is 24.8 Å². The van der Waals surface area contributed by atoms with Gasteiger partial charge in [-0.3, -0.25) is 4.79 Å². The quantitative estimate of drug-likeness (QED) is 0.637. The third kappa shape index (κ3) is 5.34. The molecule has 1 rings (SSSR count). The molecule has 1 amide bonds. The molecule has 0 saturated carbocycles. The first-order valence-corrected chi connectivity index (χ1v) is 6.55.